The monoisotopic (exact) mass is 454 g/mol. The molecule has 0 aliphatic rings. The molecule has 0 fully saturated rings. The van der Waals surface area contributed by atoms with Gasteiger partial charge in [0.1, 0.15) is 0 Å². The first-order chi connectivity index (χ1) is 13.5. The molecule has 0 aromatic heterocycles. The van der Waals surface area contributed by atoms with Crippen LogP contribution in [0.2, 0.25) is 5.02 Å². The minimum atomic E-state index is -5.14. The van der Waals surface area contributed by atoms with Gasteiger partial charge in [-0.3, -0.25) is 9.59 Å². The summed E-state index contributed by atoms with van der Waals surface area (Å²) in [4.78, 5) is 23.2. The van der Waals surface area contributed by atoms with Gasteiger partial charge < -0.3 is 25.2 Å². The molecule has 2 atom stereocenters. The Balaban J connectivity index is 2.82. The lowest BCUT2D eigenvalue weighted by molar-refractivity contribution is -0.253. The molecule has 0 aliphatic carbocycles. The summed E-state index contributed by atoms with van der Waals surface area (Å²) in [5.41, 5.74) is -3.42. The van der Waals surface area contributed by atoms with Crippen molar-refractivity contribution in [2.45, 2.75) is 58.1 Å². The van der Waals surface area contributed by atoms with E-state index in [4.69, 9.17) is 16.3 Å². The molecule has 0 radical (unpaired) electrons. The van der Waals surface area contributed by atoms with E-state index in [1.54, 1.807) is 0 Å². The van der Waals surface area contributed by atoms with Gasteiger partial charge in [-0.15, -0.1) is 0 Å². The van der Waals surface area contributed by atoms with Crippen LogP contribution in [0.25, 0.3) is 0 Å². The van der Waals surface area contributed by atoms with Gasteiger partial charge in [-0.25, -0.2) is 0 Å². The van der Waals surface area contributed by atoms with E-state index in [0.29, 0.717) is 12.6 Å². The zero-order chi connectivity index (χ0) is 23.3. The third kappa shape index (κ3) is 7.66. The quantitative estimate of drug-likeness (QED) is 0.518. The van der Waals surface area contributed by atoms with E-state index in [9.17, 15) is 27.9 Å². The highest BCUT2D eigenvalue weighted by Gasteiger charge is 2.60. The molecule has 0 bridgehead atoms. The summed E-state index contributed by atoms with van der Waals surface area (Å²) in [6, 6.07) is 4.10. The molecular formula is C19H26ClF3N2O5. The summed E-state index contributed by atoms with van der Waals surface area (Å²) in [7, 11) is 0. The van der Waals surface area contributed by atoms with E-state index < -0.39 is 35.4 Å². The maximum Gasteiger partial charge on any atom is 0.437 e. The van der Waals surface area contributed by atoms with Crippen molar-refractivity contribution < 1.29 is 37.3 Å². The molecule has 1 rings (SSSR count). The molecular weight excluding hydrogens is 429 g/mol. The number of amides is 1. The van der Waals surface area contributed by atoms with Gasteiger partial charge >= 0.3 is 12.1 Å². The summed E-state index contributed by atoms with van der Waals surface area (Å²) in [6.45, 7) is 7.02. The molecule has 1 unspecified atom stereocenters. The van der Waals surface area contributed by atoms with Crippen molar-refractivity contribution in [3.8, 4) is 0 Å². The normalized spacial score (nSPS) is 15.1. The van der Waals surface area contributed by atoms with Crippen molar-refractivity contribution in [2.75, 3.05) is 23.8 Å². The minimum absolute atomic E-state index is 0.0545. The topological polar surface area (TPSA) is 96.9 Å². The summed E-state index contributed by atoms with van der Waals surface area (Å²) in [5, 5.41) is 14.8. The van der Waals surface area contributed by atoms with Crippen molar-refractivity contribution in [1.29, 1.82) is 0 Å². The van der Waals surface area contributed by atoms with Crippen molar-refractivity contribution in [1.82, 2.24) is 0 Å². The number of anilines is 2. The first kappa shape index (κ1) is 26.0. The molecule has 7 nitrogen and oxygen atoms in total. The summed E-state index contributed by atoms with van der Waals surface area (Å²) < 4.78 is 49.5. The van der Waals surface area contributed by atoms with Gasteiger partial charge in [0.15, 0.2) is 0 Å². The molecule has 11 heteroatoms. The first-order valence-electron chi connectivity index (χ1n) is 8.98. The molecule has 0 saturated carbocycles. The van der Waals surface area contributed by atoms with Gasteiger partial charge in [-0.2, -0.15) is 13.2 Å². The highest BCUT2D eigenvalue weighted by Crippen LogP contribution is 2.36. The number of carbonyl (C=O) groups is 2. The number of hydrogen-bond acceptors (Lipinski definition) is 6. The van der Waals surface area contributed by atoms with E-state index in [1.807, 2.05) is 26.1 Å². The number of aliphatic hydroxyl groups excluding tert-OH is 1. The van der Waals surface area contributed by atoms with Crippen LogP contribution in [-0.4, -0.2) is 53.6 Å². The molecule has 1 aromatic carbocycles. The molecule has 0 aliphatic heterocycles. The van der Waals surface area contributed by atoms with Crippen LogP contribution in [0.1, 0.15) is 34.6 Å². The molecule has 0 saturated heterocycles. The average Bonchev–Trinajstić information content (AvgIpc) is 2.57. The largest absolute Gasteiger partial charge is 0.439 e. The minimum Gasteiger partial charge on any atom is -0.439 e. The van der Waals surface area contributed by atoms with Crippen LogP contribution in [0.5, 0.6) is 0 Å². The van der Waals surface area contributed by atoms with Crippen molar-refractivity contribution in [3.05, 3.63) is 23.2 Å². The number of rotatable bonds is 8. The maximum atomic E-state index is 13.3. The maximum absolute atomic E-state index is 13.3. The molecule has 1 aromatic rings. The van der Waals surface area contributed by atoms with Crippen molar-refractivity contribution in [2.24, 2.45) is 0 Å². The first-order valence-corrected chi connectivity index (χ1v) is 9.36. The highest BCUT2D eigenvalue weighted by atomic mass is 35.5. The number of aliphatic hydroxyl groups is 1. The Morgan fingerprint density at radius 2 is 1.80 bits per heavy atom. The molecule has 0 spiro atoms. The van der Waals surface area contributed by atoms with Crippen molar-refractivity contribution in [3.63, 3.8) is 0 Å². The van der Waals surface area contributed by atoms with E-state index in [0.717, 1.165) is 6.92 Å². The zero-order valence-electron chi connectivity index (χ0n) is 17.3. The second-order valence-electron chi connectivity index (χ2n) is 7.73. The average molecular weight is 455 g/mol. The predicted octanol–water partition coefficient (Wildman–Crippen LogP) is 3.75. The number of benzene rings is 1. The number of halogens is 4. The Labute approximate surface area is 177 Å². The Morgan fingerprint density at radius 1 is 1.20 bits per heavy atom. The molecule has 3 N–H and O–H groups in total. The van der Waals surface area contributed by atoms with E-state index in [2.05, 4.69) is 10.1 Å². The summed E-state index contributed by atoms with van der Waals surface area (Å²) in [5.74, 6) is -2.85. The summed E-state index contributed by atoms with van der Waals surface area (Å²) in [6.07, 6.45) is -5.94. The van der Waals surface area contributed by atoms with Gasteiger partial charge in [0.05, 0.1) is 29.0 Å². The number of alkyl halides is 3. The van der Waals surface area contributed by atoms with Gasteiger partial charge in [0, 0.05) is 19.2 Å². The van der Waals surface area contributed by atoms with Crippen LogP contribution >= 0.6 is 11.6 Å². The van der Waals surface area contributed by atoms with Crippen LogP contribution in [0.4, 0.5) is 24.5 Å². The standard InChI is InChI=1S/C19H26ClF3N2O5/c1-11(26)30-18(5,19(21,22)23)16(28)25-15-7-6-12(8-14(15)20)24-9-13(27)10-29-17(2,3)4/h6-8,13,24,27H,9-10H2,1-5H3,(H,25,28)/t13?,18-/m1/s1. The van der Waals surface area contributed by atoms with Gasteiger partial charge in [-0.05, 0) is 45.9 Å². The van der Waals surface area contributed by atoms with Crippen LogP contribution < -0.4 is 10.6 Å². The Hall–Kier alpha value is -2.04. The Kier molecular flexibility index (Phi) is 8.53. The summed E-state index contributed by atoms with van der Waals surface area (Å²) >= 11 is 6.05. The van der Waals surface area contributed by atoms with E-state index >= 15 is 0 Å². The molecule has 1 amide bonds. The lowest BCUT2D eigenvalue weighted by atomic mass is 10.0. The molecule has 170 valence electrons. The molecule has 30 heavy (non-hydrogen) atoms. The van der Waals surface area contributed by atoms with Crippen LogP contribution in [-0.2, 0) is 19.1 Å². The fraction of sp³-hybridized carbons (Fsp3) is 0.579. The lowest BCUT2D eigenvalue weighted by Gasteiger charge is -2.29. The fourth-order valence-electron chi connectivity index (χ4n) is 2.13. The van der Waals surface area contributed by atoms with Gasteiger partial charge in [0.25, 0.3) is 11.5 Å². The highest BCUT2D eigenvalue weighted by molar-refractivity contribution is 6.34. The van der Waals surface area contributed by atoms with Crippen LogP contribution in [0.3, 0.4) is 0 Å². The van der Waals surface area contributed by atoms with Gasteiger partial charge in [0.2, 0.25) is 0 Å². The third-order valence-corrected chi connectivity index (χ3v) is 4.10. The smallest absolute Gasteiger partial charge is 0.437 e. The van der Waals surface area contributed by atoms with Crippen LogP contribution in [0.15, 0.2) is 18.2 Å². The van der Waals surface area contributed by atoms with Crippen LogP contribution in [0, 0.1) is 0 Å². The third-order valence-electron chi connectivity index (χ3n) is 3.79. The second-order valence-corrected chi connectivity index (χ2v) is 8.14. The number of ether oxygens (including phenoxy) is 2. The number of nitrogens with one attached hydrogen (secondary N) is 2. The number of carbonyl (C=O) groups excluding carboxylic acids is 2. The molecule has 0 heterocycles. The Bertz CT molecular complexity index is 768. The SMILES string of the molecule is CC(=O)O[C@](C)(C(=O)Nc1ccc(NCC(O)COC(C)(C)C)cc1Cl)C(F)(F)F. The number of esters is 1. The number of hydrogen-bond donors (Lipinski definition) is 3. The Morgan fingerprint density at radius 3 is 2.27 bits per heavy atom. The predicted molar refractivity (Wildman–Crippen MR) is 107 cm³/mol. The lowest BCUT2D eigenvalue weighted by Crippen LogP contribution is -2.55. The van der Waals surface area contributed by atoms with E-state index in [-0.39, 0.29) is 23.9 Å². The van der Waals surface area contributed by atoms with E-state index in [1.165, 1.54) is 18.2 Å². The van der Waals surface area contributed by atoms with Gasteiger partial charge in [-0.1, -0.05) is 11.6 Å². The van der Waals surface area contributed by atoms with Crippen molar-refractivity contribution >= 4 is 34.9 Å². The second kappa shape index (κ2) is 9.84. The zero-order valence-corrected chi connectivity index (χ0v) is 18.1. The fourth-order valence-corrected chi connectivity index (χ4v) is 2.36.